The molecule has 0 spiro atoms. The van der Waals surface area contributed by atoms with Gasteiger partial charge < -0.3 is 9.84 Å². The monoisotopic (exact) mass is 331 g/mol. The number of fused-ring (bicyclic) bond motifs is 1. The van der Waals surface area contributed by atoms with Gasteiger partial charge in [-0.1, -0.05) is 23.7 Å². The summed E-state index contributed by atoms with van der Waals surface area (Å²) >= 11 is 6.00. The maximum absolute atomic E-state index is 11.5. The van der Waals surface area contributed by atoms with Crippen LogP contribution in [0.4, 0.5) is 0 Å². The first-order chi connectivity index (χ1) is 11.0. The summed E-state index contributed by atoms with van der Waals surface area (Å²) in [6.07, 6.45) is -0.0660. The Morgan fingerprint density at radius 3 is 2.87 bits per heavy atom. The summed E-state index contributed by atoms with van der Waals surface area (Å²) in [5, 5.41) is 15.4. The molecule has 2 heterocycles. The first-order valence-corrected chi connectivity index (χ1v) is 7.28. The predicted molar refractivity (Wildman–Crippen MR) is 85.6 cm³/mol. The van der Waals surface area contributed by atoms with Gasteiger partial charge in [-0.25, -0.2) is 4.98 Å². The highest BCUT2D eigenvalue weighted by molar-refractivity contribution is 6.30. The van der Waals surface area contributed by atoms with Gasteiger partial charge in [0.1, 0.15) is 0 Å². The second kappa shape index (κ2) is 5.89. The quantitative estimate of drug-likeness (QED) is 0.747. The Hall–Kier alpha value is -2.60. The molecule has 0 saturated carbocycles. The van der Waals surface area contributed by atoms with E-state index in [9.17, 15) is 9.90 Å². The molecule has 118 valence electrons. The summed E-state index contributed by atoms with van der Waals surface area (Å²) in [7, 11) is 1.30. The Labute approximate surface area is 137 Å². The minimum Gasteiger partial charge on any atom is -0.493 e. The van der Waals surface area contributed by atoms with Crippen molar-refractivity contribution in [2.75, 3.05) is 7.11 Å². The third kappa shape index (κ3) is 2.85. The van der Waals surface area contributed by atoms with E-state index in [-0.39, 0.29) is 12.3 Å². The number of nitrogens with zero attached hydrogens (tertiary/aromatic N) is 3. The lowest BCUT2D eigenvalue weighted by Gasteiger charge is -2.08. The van der Waals surface area contributed by atoms with Gasteiger partial charge in [0.2, 0.25) is 5.88 Å². The molecule has 0 radical (unpaired) electrons. The van der Waals surface area contributed by atoms with E-state index in [4.69, 9.17) is 11.6 Å². The molecular formula is C16H14ClN3O3. The van der Waals surface area contributed by atoms with Gasteiger partial charge in [0, 0.05) is 27.9 Å². The second-order valence-corrected chi connectivity index (χ2v) is 5.50. The van der Waals surface area contributed by atoms with Gasteiger partial charge in [0.15, 0.2) is 5.65 Å². The molecule has 0 amide bonds. The van der Waals surface area contributed by atoms with Gasteiger partial charge >= 0.3 is 5.97 Å². The summed E-state index contributed by atoms with van der Waals surface area (Å²) in [6.45, 7) is 1.73. The van der Waals surface area contributed by atoms with Crippen LogP contribution in [-0.4, -0.2) is 32.8 Å². The highest BCUT2D eigenvalue weighted by atomic mass is 35.5. The van der Waals surface area contributed by atoms with Crippen molar-refractivity contribution < 1.29 is 14.6 Å². The van der Waals surface area contributed by atoms with Gasteiger partial charge in [0.25, 0.3) is 0 Å². The van der Waals surface area contributed by atoms with Crippen molar-refractivity contribution in [2.24, 2.45) is 0 Å². The fourth-order valence-electron chi connectivity index (χ4n) is 2.35. The number of aryl methyl sites for hydroxylation is 1. The number of aromatic hydroxyl groups is 1. The van der Waals surface area contributed by atoms with Crippen LogP contribution in [0.2, 0.25) is 5.02 Å². The van der Waals surface area contributed by atoms with E-state index in [1.54, 1.807) is 25.1 Å². The van der Waals surface area contributed by atoms with Crippen LogP contribution in [0.1, 0.15) is 11.3 Å². The summed E-state index contributed by atoms with van der Waals surface area (Å²) < 4.78 is 5.95. The lowest BCUT2D eigenvalue weighted by molar-refractivity contribution is -0.139. The largest absolute Gasteiger partial charge is 0.493 e. The molecule has 0 bridgehead atoms. The average Bonchev–Trinajstić information content (AvgIpc) is 2.95. The topological polar surface area (TPSA) is 76.7 Å². The summed E-state index contributed by atoms with van der Waals surface area (Å²) in [6, 6.07) is 8.99. The lowest BCUT2D eigenvalue weighted by atomic mass is 10.1. The molecule has 1 aromatic carbocycles. The first kappa shape index (κ1) is 15.3. The third-order valence-corrected chi connectivity index (χ3v) is 3.78. The van der Waals surface area contributed by atoms with Gasteiger partial charge in [-0.3, -0.25) is 4.79 Å². The fourth-order valence-corrected chi connectivity index (χ4v) is 2.54. The number of hydrogen-bond acceptors (Lipinski definition) is 5. The molecule has 6 nitrogen and oxygen atoms in total. The molecule has 3 aromatic rings. The van der Waals surface area contributed by atoms with E-state index in [0.29, 0.717) is 27.6 Å². The molecule has 0 aliphatic carbocycles. The normalized spacial score (nSPS) is 10.9. The number of methoxy groups -OCH3 is 1. The smallest absolute Gasteiger partial charge is 0.310 e. The predicted octanol–water partition coefficient (Wildman–Crippen LogP) is 2.78. The van der Waals surface area contributed by atoms with Gasteiger partial charge in [-0.15, -0.1) is 0 Å². The Kier molecular flexibility index (Phi) is 3.92. The Morgan fingerprint density at radius 1 is 1.39 bits per heavy atom. The molecular weight excluding hydrogens is 318 g/mol. The Morgan fingerprint density at radius 2 is 2.17 bits per heavy atom. The van der Waals surface area contributed by atoms with E-state index in [1.165, 1.54) is 11.6 Å². The van der Waals surface area contributed by atoms with Crippen LogP contribution in [0.5, 0.6) is 5.88 Å². The maximum atomic E-state index is 11.5. The van der Waals surface area contributed by atoms with Crippen LogP contribution in [0, 0.1) is 6.92 Å². The van der Waals surface area contributed by atoms with Crippen LogP contribution >= 0.6 is 11.6 Å². The van der Waals surface area contributed by atoms with Gasteiger partial charge in [0.05, 0.1) is 19.2 Å². The average molecular weight is 332 g/mol. The molecule has 1 N–H and O–H groups in total. The van der Waals surface area contributed by atoms with Crippen molar-refractivity contribution in [3.63, 3.8) is 0 Å². The summed E-state index contributed by atoms with van der Waals surface area (Å²) in [5.41, 5.74) is 2.88. The minimum absolute atomic E-state index is 0.0660. The van der Waals surface area contributed by atoms with Crippen LogP contribution < -0.4 is 0 Å². The molecule has 7 heteroatoms. The number of carbonyl (C=O) groups is 1. The van der Waals surface area contributed by atoms with Gasteiger partial charge in [-0.2, -0.15) is 9.61 Å². The highest BCUT2D eigenvalue weighted by Gasteiger charge is 2.18. The highest BCUT2D eigenvalue weighted by Crippen LogP contribution is 2.27. The number of halogens is 1. The molecule has 0 atom stereocenters. The number of ether oxygens (including phenoxy) is 1. The lowest BCUT2D eigenvalue weighted by Crippen LogP contribution is -2.09. The van der Waals surface area contributed by atoms with Crippen LogP contribution in [0.25, 0.3) is 16.9 Å². The van der Waals surface area contributed by atoms with E-state index >= 15 is 0 Å². The molecule has 0 fully saturated rings. The van der Waals surface area contributed by atoms with Crippen LogP contribution in [0.3, 0.4) is 0 Å². The summed E-state index contributed by atoms with van der Waals surface area (Å²) in [4.78, 5) is 15.9. The van der Waals surface area contributed by atoms with E-state index in [1.807, 2.05) is 12.1 Å². The van der Waals surface area contributed by atoms with Crippen LogP contribution in [-0.2, 0) is 16.0 Å². The number of aromatic nitrogens is 3. The van der Waals surface area contributed by atoms with Gasteiger partial charge in [-0.05, 0) is 19.1 Å². The van der Waals surface area contributed by atoms with Crippen molar-refractivity contribution >= 4 is 23.2 Å². The van der Waals surface area contributed by atoms with E-state index in [0.717, 1.165) is 5.56 Å². The zero-order chi connectivity index (χ0) is 16.6. The first-order valence-electron chi connectivity index (χ1n) is 6.90. The number of rotatable bonds is 3. The third-order valence-electron chi connectivity index (χ3n) is 3.55. The SMILES string of the molecule is COC(=O)Cc1c(C)nc2cc(-c3cccc(Cl)c3)nn2c1O. The molecule has 0 unspecified atom stereocenters. The van der Waals surface area contributed by atoms with Crippen molar-refractivity contribution in [2.45, 2.75) is 13.3 Å². The standard InChI is InChI=1S/C16H14ClN3O3/c1-9-12(7-15(21)23-2)16(22)20-14(18-9)8-13(19-20)10-4-3-5-11(17)6-10/h3-6,8,22H,7H2,1-2H3. The molecule has 2 aromatic heterocycles. The van der Waals surface area contributed by atoms with E-state index in [2.05, 4.69) is 14.8 Å². The fraction of sp³-hybridized carbons (Fsp3) is 0.188. The zero-order valence-electron chi connectivity index (χ0n) is 12.6. The minimum atomic E-state index is -0.452. The van der Waals surface area contributed by atoms with Crippen molar-refractivity contribution in [1.82, 2.24) is 14.6 Å². The molecule has 0 saturated heterocycles. The Balaban J connectivity index is 2.13. The Bertz CT molecular complexity index is 905. The molecule has 3 rings (SSSR count). The molecule has 23 heavy (non-hydrogen) atoms. The summed E-state index contributed by atoms with van der Waals surface area (Å²) in [5.74, 6) is -0.571. The molecule has 0 aliphatic heterocycles. The number of benzene rings is 1. The number of hydrogen-bond donors (Lipinski definition) is 1. The maximum Gasteiger partial charge on any atom is 0.310 e. The van der Waals surface area contributed by atoms with Crippen molar-refractivity contribution in [1.29, 1.82) is 0 Å². The number of esters is 1. The van der Waals surface area contributed by atoms with Crippen LogP contribution in [0.15, 0.2) is 30.3 Å². The molecule has 0 aliphatic rings. The van der Waals surface area contributed by atoms with Crippen molar-refractivity contribution in [3.05, 3.63) is 46.6 Å². The number of carbonyl (C=O) groups excluding carboxylic acids is 1. The second-order valence-electron chi connectivity index (χ2n) is 5.06. The van der Waals surface area contributed by atoms with E-state index < -0.39 is 5.97 Å². The zero-order valence-corrected chi connectivity index (χ0v) is 13.3. The van der Waals surface area contributed by atoms with Crippen molar-refractivity contribution in [3.8, 4) is 17.1 Å².